The number of nitrogens with two attached hydrogens (primary N) is 1. The van der Waals surface area contributed by atoms with E-state index in [4.69, 9.17) is 5.73 Å². The molecule has 3 heterocycles. The van der Waals surface area contributed by atoms with E-state index in [-0.39, 0.29) is 6.04 Å². The highest BCUT2D eigenvalue weighted by Crippen LogP contribution is 2.26. The fourth-order valence-corrected chi connectivity index (χ4v) is 3.23. The van der Waals surface area contributed by atoms with Crippen LogP contribution in [0.15, 0.2) is 49.2 Å². The van der Waals surface area contributed by atoms with Gasteiger partial charge < -0.3 is 11.1 Å². The summed E-state index contributed by atoms with van der Waals surface area (Å²) in [5, 5.41) is 7.65. The number of aryl methyl sites for hydroxylation is 2. The summed E-state index contributed by atoms with van der Waals surface area (Å²) in [6.45, 7) is 4.13. The molecule has 0 aliphatic heterocycles. The number of rotatable bonds is 5. The lowest BCUT2D eigenvalue weighted by molar-refractivity contribution is 0.735. The van der Waals surface area contributed by atoms with Gasteiger partial charge in [0.15, 0.2) is 11.5 Å². The van der Waals surface area contributed by atoms with Crippen LogP contribution in [0.25, 0.3) is 16.9 Å². The maximum absolute atomic E-state index is 5.98. The van der Waals surface area contributed by atoms with E-state index in [0.717, 1.165) is 29.0 Å². The predicted molar refractivity (Wildman–Crippen MR) is 107 cm³/mol. The Bertz CT molecular complexity index is 1090. The molecule has 1 atom stereocenters. The van der Waals surface area contributed by atoms with Crippen molar-refractivity contribution in [2.24, 2.45) is 12.8 Å². The summed E-state index contributed by atoms with van der Waals surface area (Å²) in [5.41, 5.74) is 12.2. The van der Waals surface area contributed by atoms with Crippen LogP contribution in [0, 0.1) is 6.92 Å². The topological polar surface area (TPSA) is 86.1 Å². The van der Waals surface area contributed by atoms with Crippen molar-refractivity contribution in [2.75, 3.05) is 5.32 Å². The molecule has 138 valence electrons. The van der Waals surface area contributed by atoms with Gasteiger partial charge in [-0.3, -0.25) is 9.08 Å². The second-order valence-corrected chi connectivity index (χ2v) is 6.96. The molecule has 0 saturated heterocycles. The molecule has 1 aromatic carbocycles. The number of nitrogens with zero attached hydrogens (tertiary/aromatic N) is 5. The highest BCUT2D eigenvalue weighted by molar-refractivity contribution is 5.74. The van der Waals surface area contributed by atoms with E-state index in [1.807, 2.05) is 43.2 Å². The fourth-order valence-electron chi connectivity index (χ4n) is 3.23. The van der Waals surface area contributed by atoms with Crippen LogP contribution in [0.5, 0.6) is 0 Å². The van der Waals surface area contributed by atoms with Crippen molar-refractivity contribution in [2.45, 2.75) is 26.3 Å². The number of hydrogen-bond donors (Lipinski definition) is 2. The smallest absolute Gasteiger partial charge is 0.180 e. The van der Waals surface area contributed by atoms with E-state index >= 15 is 0 Å². The summed E-state index contributed by atoms with van der Waals surface area (Å²) in [6, 6.07) is 6.41. The Morgan fingerprint density at radius 1 is 1.22 bits per heavy atom. The molecule has 0 fully saturated rings. The minimum atomic E-state index is 0.120. The predicted octanol–water partition coefficient (Wildman–Crippen LogP) is 3.07. The highest BCUT2D eigenvalue weighted by atomic mass is 15.2. The Kier molecular flexibility index (Phi) is 4.37. The molecule has 0 spiro atoms. The molecule has 4 rings (SSSR count). The first-order valence-corrected chi connectivity index (χ1v) is 8.94. The van der Waals surface area contributed by atoms with Crippen molar-refractivity contribution in [3.8, 4) is 11.3 Å². The van der Waals surface area contributed by atoms with Crippen molar-refractivity contribution in [3.63, 3.8) is 0 Å². The fraction of sp³-hybridized carbons (Fsp3) is 0.250. The van der Waals surface area contributed by atoms with E-state index in [2.05, 4.69) is 45.5 Å². The molecular weight excluding hydrogens is 338 g/mol. The number of aromatic nitrogens is 5. The third kappa shape index (κ3) is 3.41. The van der Waals surface area contributed by atoms with Gasteiger partial charge in [0.25, 0.3) is 0 Å². The molecule has 27 heavy (non-hydrogen) atoms. The second-order valence-electron chi connectivity index (χ2n) is 6.96. The summed E-state index contributed by atoms with van der Waals surface area (Å²) in [7, 11) is 1.90. The molecule has 7 heteroatoms. The molecule has 3 N–H and O–H groups in total. The lowest BCUT2D eigenvalue weighted by atomic mass is 10.0. The zero-order valence-corrected chi connectivity index (χ0v) is 15.7. The largest absolute Gasteiger partial charge is 0.337 e. The standard InChI is InChI=1S/C20H23N7/c1-13-4-5-17(9-15(13)8-14(2)21)25-19-20-23-11-18(27(20)7-6-22-19)16-10-24-26(3)12-16/h4-7,9-12,14H,8,21H2,1-3H3,(H,22,25). The molecule has 0 amide bonds. The van der Waals surface area contributed by atoms with Gasteiger partial charge in [-0.2, -0.15) is 5.10 Å². The SMILES string of the molecule is Cc1ccc(Nc2nccn3c(-c4cnn(C)c4)cnc23)cc1CC(C)N. The lowest BCUT2D eigenvalue weighted by Crippen LogP contribution is -2.18. The number of imidazole rings is 1. The van der Waals surface area contributed by atoms with Crippen molar-refractivity contribution in [1.29, 1.82) is 0 Å². The van der Waals surface area contributed by atoms with Crippen LogP contribution in [0.4, 0.5) is 11.5 Å². The number of benzene rings is 1. The minimum absolute atomic E-state index is 0.120. The van der Waals surface area contributed by atoms with Gasteiger partial charge in [-0.05, 0) is 43.5 Å². The summed E-state index contributed by atoms with van der Waals surface area (Å²) < 4.78 is 3.80. The first kappa shape index (κ1) is 17.2. The normalized spacial score (nSPS) is 12.4. The summed E-state index contributed by atoms with van der Waals surface area (Å²) in [4.78, 5) is 9.06. The van der Waals surface area contributed by atoms with Crippen LogP contribution in [-0.2, 0) is 13.5 Å². The van der Waals surface area contributed by atoms with Gasteiger partial charge >= 0.3 is 0 Å². The van der Waals surface area contributed by atoms with Crippen LogP contribution in [0.3, 0.4) is 0 Å². The van der Waals surface area contributed by atoms with Crippen LogP contribution in [0.1, 0.15) is 18.1 Å². The van der Waals surface area contributed by atoms with Gasteiger partial charge in [-0.25, -0.2) is 9.97 Å². The second kappa shape index (κ2) is 6.85. The van der Waals surface area contributed by atoms with Gasteiger partial charge in [0.1, 0.15) is 0 Å². The third-order valence-corrected chi connectivity index (χ3v) is 4.58. The summed E-state index contributed by atoms with van der Waals surface area (Å²) in [5.74, 6) is 0.711. The van der Waals surface area contributed by atoms with Crippen molar-refractivity contribution in [1.82, 2.24) is 24.1 Å². The van der Waals surface area contributed by atoms with Crippen LogP contribution in [0.2, 0.25) is 0 Å². The Morgan fingerprint density at radius 3 is 2.81 bits per heavy atom. The number of hydrogen-bond acceptors (Lipinski definition) is 5. The molecule has 0 aliphatic rings. The molecule has 4 aromatic rings. The zero-order valence-electron chi connectivity index (χ0n) is 15.7. The molecule has 1 unspecified atom stereocenters. The molecule has 0 aliphatic carbocycles. The van der Waals surface area contributed by atoms with Crippen molar-refractivity contribution >= 4 is 17.2 Å². The molecule has 0 bridgehead atoms. The summed E-state index contributed by atoms with van der Waals surface area (Å²) in [6.07, 6.45) is 10.2. The van der Waals surface area contributed by atoms with Crippen molar-refractivity contribution in [3.05, 3.63) is 60.3 Å². The van der Waals surface area contributed by atoms with E-state index in [1.165, 1.54) is 11.1 Å². The monoisotopic (exact) mass is 361 g/mol. The van der Waals surface area contributed by atoms with Crippen LogP contribution >= 0.6 is 0 Å². The van der Waals surface area contributed by atoms with Crippen molar-refractivity contribution < 1.29 is 0 Å². The van der Waals surface area contributed by atoms with Crippen LogP contribution in [-0.4, -0.2) is 30.2 Å². The lowest BCUT2D eigenvalue weighted by Gasteiger charge is -2.12. The van der Waals surface area contributed by atoms with Crippen LogP contribution < -0.4 is 11.1 Å². The number of nitrogens with one attached hydrogen (secondary N) is 1. The number of fused-ring (bicyclic) bond motifs is 1. The Hall–Kier alpha value is -3.19. The molecule has 7 nitrogen and oxygen atoms in total. The van der Waals surface area contributed by atoms with Gasteiger partial charge in [0.2, 0.25) is 0 Å². The number of anilines is 2. The van der Waals surface area contributed by atoms with Gasteiger partial charge in [0.05, 0.1) is 18.1 Å². The average molecular weight is 361 g/mol. The van der Waals surface area contributed by atoms with E-state index in [9.17, 15) is 0 Å². The Morgan fingerprint density at radius 2 is 2.07 bits per heavy atom. The molecule has 3 aromatic heterocycles. The first-order valence-electron chi connectivity index (χ1n) is 8.94. The van der Waals surface area contributed by atoms with Gasteiger partial charge in [-0.1, -0.05) is 6.07 Å². The molecule has 0 saturated carbocycles. The van der Waals surface area contributed by atoms with E-state index in [0.29, 0.717) is 5.82 Å². The molecular formula is C20H23N7. The highest BCUT2D eigenvalue weighted by Gasteiger charge is 2.12. The Labute approximate surface area is 157 Å². The van der Waals surface area contributed by atoms with E-state index < -0.39 is 0 Å². The molecule has 0 radical (unpaired) electrons. The van der Waals surface area contributed by atoms with E-state index in [1.54, 1.807) is 10.9 Å². The maximum atomic E-state index is 5.98. The first-order chi connectivity index (χ1) is 13.0. The Balaban J connectivity index is 1.70. The zero-order chi connectivity index (χ0) is 19.0. The van der Waals surface area contributed by atoms with Gasteiger partial charge in [0, 0.05) is 42.9 Å². The minimum Gasteiger partial charge on any atom is -0.337 e. The maximum Gasteiger partial charge on any atom is 0.180 e. The average Bonchev–Trinajstić information content (AvgIpc) is 3.24. The summed E-state index contributed by atoms with van der Waals surface area (Å²) >= 11 is 0. The third-order valence-electron chi connectivity index (χ3n) is 4.58. The quantitative estimate of drug-likeness (QED) is 0.570. The van der Waals surface area contributed by atoms with Gasteiger partial charge in [-0.15, -0.1) is 0 Å².